The summed E-state index contributed by atoms with van der Waals surface area (Å²) >= 11 is 2.66. The first kappa shape index (κ1) is 40.7. The number of alkyl halides is 1. The van der Waals surface area contributed by atoms with Crippen molar-refractivity contribution < 1.29 is 0 Å². The van der Waals surface area contributed by atoms with Gasteiger partial charge in [0, 0.05) is 4.43 Å². The molecule has 0 aromatic heterocycles. The number of unbranched alkanes of at least 4 members (excludes halogenated alkanes) is 31. The minimum absolute atomic E-state index is 1.00. The number of halogens is 1. The van der Waals surface area contributed by atoms with E-state index in [1.165, 1.54) is 229 Å². The molecule has 0 saturated carbocycles. The third-order valence-electron chi connectivity index (χ3n) is 9.40. The van der Waals surface area contributed by atoms with E-state index in [9.17, 15) is 0 Å². The molecule has 0 bridgehead atoms. The van der Waals surface area contributed by atoms with Crippen LogP contribution in [-0.2, 0) is 0 Å². The van der Waals surface area contributed by atoms with Gasteiger partial charge in [-0.25, -0.2) is 0 Å². The quantitative estimate of drug-likeness (QED) is 0.0352. The Labute approximate surface area is 270 Å². The zero-order valence-electron chi connectivity index (χ0n) is 28.4. The summed E-state index contributed by atoms with van der Waals surface area (Å²) in [6, 6.07) is 0. The van der Waals surface area contributed by atoms with Crippen LogP contribution in [0.3, 0.4) is 0 Å². The molecule has 0 aromatic carbocycles. The van der Waals surface area contributed by atoms with Crippen molar-refractivity contribution in [2.24, 2.45) is 5.92 Å². The molecule has 1 heteroatoms. The lowest BCUT2D eigenvalue weighted by molar-refractivity contribution is 0.439. The van der Waals surface area contributed by atoms with E-state index >= 15 is 0 Å². The highest BCUT2D eigenvalue weighted by Crippen LogP contribution is 2.22. The molecule has 1 atom stereocenters. The average Bonchev–Trinajstić information content (AvgIpc) is 2.97. The van der Waals surface area contributed by atoms with Gasteiger partial charge in [-0.15, -0.1) is 0 Å². The van der Waals surface area contributed by atoms with Gasteiger partial charge in [-0.1, -0.05) is 248 Å². The van der Waals surface area contributed by atoms with E-state index in [-0.39, 0.29) is 0 Å². The monoisotopic (exact) mass is 675 g/mol. The van der Waals surface area contributed by atoms with Crippen LogP contribution in [0, 0.1) is 5.92 Å². The standard InChI is InChI=1S/C39H79I/c1-3-5-7-9-11-13-15-17-19-21-23-25-27-29-31-33-35-37-39(38-40)36-34-32-30-28-26-24-22-20-18-16-14-12-10-8-6-4-2/h39H,3-38H2,1-2H3/t39-/m1/s1. The molecule has 0 radical (unpaired) electrons. The largest absolute Gasteiger partial charge is 0.0861 e. The summed E-state index contributed by atoms with van der Waals surface area (Å²) < 4.78 is 1.38. The summed E-state index contributed by atoms with van der Waals surface area (Å²) in [4.78, 5) is 0. The van der Waals surface area contributed by atoms with Crippen molar-refractivity contribution in [3.63, 3.8) is 0 Å². The van der Waals surface area contributed by atoms with Gasteiger partial charge in [0.25, 0.3) is 0 Å². The second-order valence-electron chi connectivity index (χ2n) is 13.6. The van der Waals surface area contributed by atoms with Gasteiger partial charge in [-0.3, -0.25) is 0 Å². The van der Waals surface area contributed by atoms with E-state index in [4.69, 9.17) is 0 Å². The first-order chi connectivity index (χ1) is 19.8. The van der Waals surface area contributed by atoms with Gasteiger partial charge in [0.05, 0.1) is 0 Å². The lowest BCUT2D eigenvalue weighted by atomic mass is 9.95. The maximum Gasteiger partial charge on any atom is 0.00237 e. The molecule has 0 saturated heterocycles. The Morgan fingerprint density at radius 1 is 0.275 bits per heavy atom. The van der Waals surface area contributed by atoms with Crippen LogP contribution in [0.5, 0.6) is 0 Å². The van der Waals surface area contributed by atoms with Crippen LogP contribution in [0.1, 0.15) is 239 Å². The Morgan fingerprint density at radius 3 is 0.625 bits per heavy atom. The molecular weight excluding hydrogens is 595 g/mol. The molecule has 0 nitrogen and oxygen atoms in total. The molecule has 0 spiro atoms. The summed E-state index contributed by atoms with van der Waals surface area (Å²) in [7, 11) is 0. The highest BCUT2D eigenvalue weighted by Gasteiger charge is 2.07. The number of hydrogen-bond acceptors (Lipinski definition) is 0. The SMILES string of the molecule is CCCCCCCCCCCCCCCCCCC[C@H](CI)CCCCCCCCCCCCCCCCCC. The van der Waals surface area contributed by atoms with E-state index in [0.29, 0.717) is 0 Å². The molecular formula is C39H79I. The molecule has 0 heterocycles. The molecule has 0 rings (SSSR count). The predicted octanol–water partition coefficient (Wildman–Crippen LogP) is 15.7. The van der Waals surface area contributed by atoms with Gasteiger partial charge in [-0.05, 0) is 18.8 Å². The molecule has 40 heavy (non-hydrogen) atoms. The first-order valence-electron chi connectivity index (χ1n) is 19.4. The number of hydrogen-bond donors (Lipinski definition) is 0. The summed E-state index contributed by atoms with van der Waals surface area (Å²) in [5, 5.41) is 0. The minimum Gasteiger partial charge on any atom is -0.0861 e. The fourth-order valence-electron chi connectivity index (χ4n) is 6.44. The van der Waals surface area contributed by atoms with Crippen LogP contribution in [-0.4, -0.2) is 4.43 Å². The third-order valence-corrected chi connectivity index (χ3v) is 10.6. The molecule has 0 N–H and O–H groups in total. The van der Waals surface area contributed by atoms with Gasteiger partial charge in [0.2, 0.25) is 0 Å². The summed E-state index contributed by atoms with van der Waals surface area (Å²) in [5.41, 5.74) is 0. The molecule has 0 amide bonds. The summed E-state index contributed by atoms with van der Waals surface area (Å²) in [5.74, 6) is 1.00. The predicted molar refractivity (Wildman–Crippen MR) is 195 cm³/mol. The van der Waals surface area contributed by atoms with Crippen molar-refractivity contribution in [2.75, 3.05) is 4.43 Å². The summed E-state index contributed by atoms with van der Waals surface area (Å²) in [6.45, 7) is 4.62. The fraction of sp³-hybridized carbons (Fsp3) is 1.00. The Morgan fingerprint density at radius 2 is 0.450 bits per heavy atom. The minimum atomic E-state index is 1.00. The van der Waals surface area contributed by atoms with Crippen LogP contribution in [0.4, 0.5) is 0 Å². The molecule has 0 unspecified atom stereocenters. The highest BCUT2D eigenvalue weighted by atomic mass is 127. The summed E-state index contributed by atoms with van der Waals surface area (Å²) in [6.07, 6.45) is 51.8. The van der Waals surface area contributed by atoms with E-state index in [1.54, 1.807) is 0 Å². The maximum absolute atomic E-state index is 2.66. The molecule has 0 aliphatic heterocycles. The lowest BCUT2D eigenvalue weighted by Crippen LogP contribution is -2.02. The Hall–Kier alpha value is 0.730. The van der Waals surface area contributed by atoms with Crippen LogP contribution in [0.2, 0.25) is 0 Å². The zero-order valence-corrected chi connectivity index (χ0v) is 30.6. The highest BCUT2D eigenvalue weighted by molar-refractivity contribution is 14.1. The Bertz CT molecular complexity index is 419. The zero-order chi connectivity index (χ0) is 29.0. The molecule has 0 aliphatic rings. The first-order valence-corrected chi connectivity index (χ1v) is 20.9. The van der Waals surface area contributed by atoms with Gasteiger partial charge in [0.1, 0.15) is 0 Å². The van der Waals surface area contributed by atoms with E-state index in [0.717, 1.165) is 5.92 Å². The van der Waals surface area contributed by atoms with Crippen molar-refractivity contribution in [1.29, 1.82) is 0 Å². The molecule has 242 valence electrons. The van der Waals surface area contributed by atoms with Gasteiger partial charge in [0.15, 0.2) is 0 Å². The van der Waals surface area contributed by atoms with Gasteiger partial charge in [-0.2, -0.15) is 0 Å². The average molecular weight is 675 g/mol. The second kappa shape index (κ2) is 37.8. The van der Waals surface area contributed by atoms with Gasteiger partial charge >= 0.3 is 0 Å². The van der Waals surface area contributed by atoms with E-state index in [2.05, 4.69) is 36.4 Å². The molecule has 0 aromatic rings. The van der Waals surface area contributed by atoms with Crippen molar-refractivity contribution in [2.45, 2.75) is 239 Å². The number of rotatable bonds is 36. The molecule has 0 aliphatic carbocycles. The fourth-order valence-corrected chi connectivity index (χ4v) is 7.32. The lowest BCUT2D eigenvalue weighted by Gasteiger charge is -2.13. The van der Waals surface area contributed by atoms with Crippen molar-refractivity contribution in [3.05, 3.63) is 0 Å². The molecule has 0 fully saturated rings. The second-order valence-corrected chi connectivity index (χ2v) is 14.4. The van der Waals surface area contributed by atoms with Crippen molar-refractivity contribution in [3.8, 4) is 0 Å². The van der Waals surface area contributed by atoms with Crippen LogP contribution in [0.15, 0.2) is 0 Å². The van der Waals surface area contributed by atoms with Crippen LogP contribution < -0.4 is 0 Å². The van der Waals surface area contributed by atoms with Crippen molar-refractivity contribution in [1.82, 2.24) is 0 Å². The topological polar surface area (TPSA) is 0 Å². The van der Waals surface area contributed by atoms with Crippen LogP contribution in [0.25, 0.3) is 0 Å². The Balaban J connectivity index is 3.24. The smallest absolute Gasteiger partial charge is 0.00237 e. The van der Waals surface area contributed by atoms with Gasteiger partial charge < -0.3 is 0 Å². The van der Waals surface area contributed by atoms with E-state index < -0.39 is 0 Å². The van der Waals surface area contributed by atoms with E-state index in [1.807, 2.05) is 0 Å². The normalized spacial score (nSPS) is 12.4. The third kappa shape index (κ3) is 34.9. The Kier molecular flexibility index (Phi) is 38.4. The van der Waals surface area contributed by atoms with Crippen LogP contribution >= 0.6 is 22.6 Å². The maximum atomic E-state index is 2.66. The van der Waals surface area contributed by atoms with Crippen molar-refractivity contribution >= 4 is 22.6 Å².